The number of ether oxygens (including phenoxy) is 2. The fourth-order valence-corrected chi connectivity index (χ4v) is 7.93. The molecule has 2 aliphatic rings. The lowest BCUT2D eigenvalue weighted by atomic mass is 10.1. The van der Waals surface area contributed by atoms with Crippen molar-refractivity contribution in [3.05, 3.63) is 95.4 Å². The number of benzene rings is 2. The van der Waals surface area contributed by atoms with E-state index in [1.807, 2.05) is 33.8 Å². The second-order valence-electron chi connectivity index (χ2n) is 12.5. The third kappa shape index (κ3) is 7.43. The first-order valence-electron chi connectivity index (χ1n) is 16.7. The summed E-state index contributed by atoms with van der Waals surface area (Å²) in [5.41, 5.74) is 1.57. The monoisotopic (exact) mass is 730 g/mol. The van der Waals surface area contributed by atoms with E-state index in [0.29, 0.717) is 16.7 Å². The zero-order valence-corrected chi connectivity index (χ0v) is 30.2. The summed E-state index contributed by atoms with van der Waals surface area (Å²) in [6.45, 7) is 15.3. The van der Waals surface area contributed by atoms with E-state index in [1.54, 1.807) is 53.1 Å². The second-order valence-corrected chi connectivity index (χ2v) is 13.9. The number of methoxy groups -OCH3 is 1. The van der Waals surface area contributed by atoms with Crippen LogP contribution in [0.15, 0.2) is 67.3 Å². The molecule has 4 aromatic rings. The molecule has 272 valence electrons. The van der Waals surface area contributed by atoms with Crippen LogP contribution in [0.5, 0.6) is 0 Å². The number of hydrogen-bond acceptors (Lipinski definition) is 12. The van der Waals surface area contributed by atoms with Gasteiger partial charge in [0.2, 0.25) is 6.54 Å². The lowest BCUT2D eigenvalue weighted by Gasteiger charge is -2.38. The molecule has 3 amide bonds. The zero-order valence-electron chi connectivity index (χ0n) is 29.3. The van der Waals surface area contributed by atoms with Crippen molar-refractivity contribution in [1.82, 2.24) is 29.3 Å². The van der Waals surface area contributed by atoms with E-state index >= 15 is 0 Å². The summed E-state index contributed by atoms with van der Waals surface area (Å²) in [5.74, 6) is -1.35. The van der Waals surface area contributed by atoms with Crippen LogP contribution in [0.1, 0.15) is 65.0 Å². The molecule has 0 saturated carbocycles. The molecule has 16 nitrogen and oxygen atoms in total. The van der Waals surface area contributed by atoms with Crippen molar-refractivity contribution in [2.45, 2.75) is 64.3 Å². The van der Waals surface area contributed by atoms with Gasteiger partial charge < -0.3 is 28.7 Å². The molecule has 17 heteroatoms. The zero-order chi connectivity index (χ0) is 36.9. The number of imide groups is 1. The van der Waals surface area contributed by atoms with Crippen LogP contribution in [0.2, 0.25) is 0 Å². The number of hydrogen-bond donors (Lipinski definition) is 1. The molecule has 0 aliphatic carbocycles. The molecule has 1 N–H and O–H groups in total. The van der Waals surface area contributed by atoms with Crippen LogP contribution in [0.3, 0.4) is 0 Å². The Kier molecular flexibility index (Phi) is 11.6. The SMILES string of the molecule is [C-]#[N+]CCOP(OC1[C@@H](CON2C(=O)c3ccccc3C2=O)O[C@@H](n2cnc3c(NC(=O)c4ccccc4)ncnc32)[C@H]1OC)N(C(C)C)C(C)C. The maximum absolute atomic E-state index is 13.2. The molecule has 1 saturated heterocycles. The third-order valence-electron chi connectivity index (χ3n) is 8.45. The standard InChI is InChI=1S/C35H39N8O8P/c1-21(2)43(22(3)4)52(49-17-16-36-5)51-28-26(18-48-42-33(45)24-14-10-11-15-25(24)34(42)46)50-35(29(28)47-6)41-20-39-27-30(37-19-38-31(27)41)40-32(44)23-12-8-7-9-13-23/h7-15,19-22,26,28-29,35H,16-18H2,1-4,6H3,(H,37,38,40,44)/t26-,28?,29+,35-,52?/m1/s1. The molecular weight excluding hydrogens is 691 g/mol. The highest BCUT2D eigenvalue weighted by molar-refractivity contribution is 7.44. The maximum atomic E-state index is 13.2. The van der Waals surface area contributed by atoms with E-state index in [9.17, 15) is 14.4 Å². The van der Waals surface area contributed by atoms with Gasteiger partial charge in [-0.2, -0.15) is 0 Å². The summed E-state index contributed by atoms with van der Waals surface area (Å²) in [6, 6.07) is 15.2. The number of aromatic nitrogens is 4. The van der Waals surface area contributed by atoms with Crippen molar-refractivity contribution in [2.24, 2.45) is 0 Å². The van der Waals surface area contributed by atoms with Gasteiger partial charge in [0.1, 0.15) is 37.9 Å². The Morgan fingerprint density at radius 1 is 1.00 bits per heavy atom. The van der Waals surface area contributed by atoms with Gasteiger partial charge in [-0.05, 0) is 52.0 Å². The minimum Gasteiger partial charge on any atom is -0.374 e. The van der Waals surface area contributed by atoms with E-state index in [2.05, 4.69) is 29.8 Å². The summed E-state index contributed by atoms with van der Waals surface area (Å²) in [6.07, 6.45) is -0.701. The van der Waals surface area contributed by atoms with Gasteiger partial charge in [0, 0.05) is 24.8 Å². The Morgan fingerprint density at radius 2 is 1.67 bits per heavy atom. The van der Waals surface area contributed by atoms with E-state index in [4.69, 9.17) is 29.9 Å². The van der Waals surface area contributed by atoms with E-state index in [-0.39, 0.29) is 54.7 Å². The Bertz CT molecular complexity index is 1910. The number of amides is 3. The second kappa shape index (κ2) is 16.3. The molecule has 2 unspecified atom stereocenters. The lowest BCUT2D eigenvalue weighted by molar-refractivity contribution is -0.139. The molecule has 2 aromatic heterocycles. The van der Waals surface area contributed by atoms with Crippen molar-refractivity contribution in [3.63, 3.8) is 0 Å². The minimum atomic E-state index is -1.78. The predicted octanol–water partition coefficient (Wildman–Crippen LogP) is 4.89. The first-order chi connectivity index (χ1) is 25.1. The molecule has 1 fully saturated rings. The van der Waals surface area contributed by atoms with Gasteiger partial charge in [0.15, 0.2) is 23.2 Å². The van der Waals surface area contributed by atoms with Gasteiger partial charge in [-0.15, -0.1) is 5.06 Å². The maximum Gasteiger partial charge on any atom is 0.285 e. The minimum absolute atomic E-state index is 0.00465. The van der Waals surface area contributed by atoms with Crippen molar-refractivity contribution >= 4 is 43.2 Å². The van der Waals surface area contributed by atoms with Crippen LogP contribution < -0.4 is 5.32 Å². The van der Waals surface area contributed by atoms with Crippen LogP contribution in [0.25, 0.3) is 16.0 Å². The van der Waals surface area contributed by atoms with Crippen LogP contribution in [-0.2, 0) is 23.4 Å². The Balaban J connectivity index is 1.32. The van der Waals surface area contributed by atoms with Crippen molar-refractivity contribution in [1.29, 1.82) is 0 Å². The number of nitrogens with one attached hydrogen (secondary N) is 1. The number of fused-ring (bicyclic) bond motifs is 2. The van der Waals surface area contributed by atoms with E-state index in [1.165, 1.54) is 19.8 Å². The number of imidazole rings is 1. The van der Waals surface area contributed by atoms with E-state index < -0.39 is 44.9 Å². The lowest BCUT2D eigenvalue weighted by Crippen LogP contribution is -2.42. The molecular formula is C35H39N8O8P. The predicted molar refractivity (Wildman–Crippen MR) is 189 cm³/mol. The van der Waals surface area contributed by atoms with Crippen LogP contribution >= 0.6 is 8.53 Å². The highest BCUT2D eigenvalue weighted by Gasteiger charge is 2.51. The molecule has 6 rings (SSSR count). The van der Waals surface area contributed by atoms with Gasteiger partial charge >= 0.3 is 0 Å². The normalized spacial score (nSPS) is 20.6. The fourth-order valence-electron chi connectivity index (χ4n) is 6.17. The van der Waals surface area contributed by atoms with Gasteiger partial charge in [-0.1, -0.05) is 30.3 Å². The fraction of sp³-hybridized carbons (Fsp3) is 0.400. The average Bonchev–Trinajstić information content (AvgIpc) is 3.79. The summed E-state index contributed by atoms with van der Waals surface area (Å²) in [7, 11) is -0.272. The molecule has 2 aliphatic heterocycles. The highest BCUT2D eigenvalue weighted by atomic mass is 31.2. The Labute approximate surface area is 301 Å². The third-order valence-corrected chi connectivity index (χ3v) is 10.6. The first-order valence-corrected chi connectivity index (χ1v) is 17.8. The van der Waals surface area contributed by atoms with Gasteiger partial charge in [-0.3, -0.25) is 23.8 Å². The number of hydroxylamine groups is 2. The van der Waals surface area contributed by atoms with E-state index in [0.717, 1.165) is 5.06 Å². The highest BCUT2D eigenvalue weighted by Crippen LogP contribution is 2.50. The smallest absolute Gasteiger partial charge is 0.285 e. The summed E-state index contributed by atoms with van der Waals surface area (Å²) >= 11 is 0. The number of carbonyl (C=O) groups excluding carboxylic acids is 3. The molecule has 0 radical (unpaired) electrons. The molecule has 0 bridgehead atoms. The molecule has 52 heavy (non-hydrogen) atoms. The van der Waals surface area contributed by atoms with Crippen molar-refractivity contribution < 1.29 is 37.7 Å². The Morgan fingerprint density at radius 3 is 2.31 bits per heavy atom. The molecule has 0 spiro atoms. The number of anilines is 1. The van der Waals surface area contributed by atoms with Gasteiger partial charge in [0.05, 0.1) is 17.5 Å². The molecule has 2 aromatic carbocycles. The summed E-state index contributed by atoms with van der Waals surface area (Å²) in [5, 5.41) is 3.53. The topological polar surface area (TPSA) is 164 Å². The van der Waals surface area contributed by atoms with Crippen LogP contribution in [0.4, 0.5) is 5.82 Å². The van der Waals surface area contributed by atoms with Gasteiger partial charge in [-0.25, -0.2) is 26.2 Å². The molecule has 5 atom stereocenters. The quantitative estimate of drug-likeness (QED) is 0.0764. The summed E-state index contributed by atoms with van der Waals surface area (Å²) < 4.78 is 29.4. The number of carbonyl (C=O) groups is 3. The largest absolute Gasteiger partial charge is 0.374 e. The van der Waals surface area contributed by atoms with Crippen LogP contribution in [-0.4, -0.2) is 104 Å². The number of nitrogens with zero attached hydrogens (tertiary/aromatic N) is 7. The van der Waals surface area contributed by atoms with Crippen LogP contribution in [0, 0.1) is 6.57 Å². The van der Waals surface area contributed by atoms with Crippen molar-refractivity contribution in [3.8, 4) is 0 Å². The Hall–Kier alpha value is -4.72. The molecule has 4 heterocycles. The van der Waals surface area contributed by atoms with Gasteiger partial charge in [0.25, 0.3) is 26.2 Å². The summed E-state index contributed by atoms with van der Waals surface area (Å²) in [4.78, 5) is 61.9. The van der Waals surface area contributed by atoms with Crippen molar-refractivity contribution in [2.75, 3.05) is 32.2 Å². The first kappa shape index (κ1) is 37.1. The average molecular weight is 731 g/mol. The number of rotatable bonds is 15.